The molecule has 1 amide bonds. The molecule has 1 unspecified atom stereocenters. The van der Waals surface area contributed by atoms with Gasteiger partial charge >= 0.3 is 0 Å². The number of fused-ring (bicyclic) bond motifs is 1. The van der Waals surface area contributed by atoms with Crippen molar-refractivity contribution in [2.75, 3.05) is 6.26 Å². The zero-order valence-electron chi connectivity index (χ0n) is 15.6. The van der Waals surface area contributed by atoms with Crippen LogP contribution in [0.5, 0.6) is 0 Å². The van der Waals surface area contributed by atoms with E-state index in [2.05, 4.69) is 14.7 Å². The van der Waals surface area contributed by atoms with Crippen LogP contribution in [0.4, 0.5) is 9.57 Å². The maximum atomic E-state index is 13.3. The summed E-state index contributed by atoms with van der Waals surface area (Å²) in [5.41, 5.74) is 3.84. The summed E-state index contributed by atoms with van der Waals surface area (Å²) in [5.74, 6) is -0.140. The molecule has 0 aliphatic carbocycles. The van der Waals surface area contributed by atoms with Gasteiger partial charge in [0.15, 0.2) is 0 Å². The van der Waals surface area contributed by atoms with Gasteiger partial charge in [-0.25, -0.2) is 9.19 Å². The van der Waals surface area contributed by atoms with Crippen molar-refractivity contribution in [3.63, 3.8) is 0 Å². The number of nitrogens with one attached hydrogen (secondary N) is 1. The lowest BCUT2D eigenvalue weighted by Crippen LogP contribution is -2.30. The number of carbonyl (C=O) groups excluding carboxylic acids is 1. The summed E-state index contributed by atoms with van der Waals surface area (Å²) in [7, 11) is -3.70. The summed E-state index contributed by atoms with van der Waals surface area (Å²) in [4.78, 5) is 16.7. The number of carbonyl (C=O) groups is 1. The first-order chi connectivity index (χ1) is 12.6. The standard InChI is InChI=1S/C19H21FN4O2S/c1-12(2)21-19(25)15-6-8-18-22-17(11-24(18)10-15)14-5-7-16(13(3)9-14)23-27(4,20)26/h5-12H,1-4H3,(H,21,25). The van der Waals surface area contributed by atoms with E-state index in [9.17, 15) is 12.9 Å². The number of benzene rings is 1. The van der Waals surface area contributed by atoms with Crippen molar-refractivity contribution >= 4 is 27.4 Å². The Morgan fingerprint density at radius 1 is 1.26 bits per heavy atom. The van der Waals surface area contributed by atoms with Gasteiger partial charge < -0.3 is 9.72 Å². The van der Waals surface area contributed by atoms with Gasteiger partial charge in [-0.05, 0) is 50.6 Å². The molecule has 2 aromatic heterocycles. The van der Waals surface area contributed by atoms with Crippen LogP contribution in [0.2, 0.25) is 0 Å². The second kappa shape index (κ2) is 7.11. The number of hydrogen-bond acceptors (Lipinski definition) is 4. The third kappa shape index (κ3) is 4.51. The highest BCUT2D eigenvalue weighted by Crippen LogP contribution is 2.27. The van der Waals surface area contributed by atoms with Gasteiger partial charge in [0, 0.05) is 30.3 Å². The molecule has 2 heterocycles. The second-order valence-corrected chi connectivity index (χ2v) is 8.34. The summed E-state index contributed by atoms with van der Waals surface area (Å²) in [6.45, 7) is 5.59. The minimum Gasteiger partial charge on any atom is -0.350 e. The van der Waals surface area contributed by atoms with E-state index in [4.69, 9.17) is 0 Å². The van der Waals surface area contributed by atoms with E-state index >= 15 is 0 Å². The number of nitrogens with zero attached hydrogens (tertiary/aromatic N) is 3. The van der Waals surface area contributed by atoms with Crippen LogP contribution in [0, 0.1) is 6.92 Å². The average molecular weight is 388 g/mol. The minimum absolute atomic E-state index is 0.0561. The molecule has 6 nitrogen and oxygen atoms in total. The van der Waals surface area contributed by atoms with Crippen LogP contribution >= 0.6 is 0 Å². The summed E-state index contributed by atoms with van der Waals surface area (Å²) < 4.78 is 30.0. The highest BCUT2D eigenvalue weighted by atomic mass is 32.3. The molecule has 0 saturated heterocycles. The summed E-state index contributed by atoms with van der Waals surface area (Å²) >= 11 is 0. The lowest BCUT2D eigenvalue weighted by molar-refractivity contribution is 0.0942. The van der Waals surface area contributed by atoms with Crippen LogP contribution < -0.4 is 5.32 Å². The van der Waals surface area contributed by atoms with Crippen molar-refractivity contribution in [3.8, 4) is 11.3 Å². The monoisotopic (exact) mass is 388 g/mol. The van der Waals surface area contributed by atoms with Crippen LogP contribution in [0.15, 0.2) is 47.1 Å². The highest BCUT2D eigenvalue weighted by Gasteiger charge is 2.11. The van der Waals surface area contributed by atoms with E-state index in [-0.39, 0.29) is 11.9 Å². The second-order valence-electron chi connectivity index (χ2n) is 6.74. The maximum Gasteiger partial charge on any atom is 0.252 e. The fourth-order valence-corrected chi connectivity index (χ4v) is 3.26. The van der Waals surface area contributed by atoms with E-state index in [1.807, 2.05) is 26.1 Å². The Bertz CT molecular complexity index is 1140. The van der Waals surface area contributed by atoms with Gasteiger partial charge in [-0.1, -0.05) is 6.07 Å². The summed E-state index contributed by atoms with van der Waals surface area (Å²) in [5, 5.41) is 2.86. The zero-order valence-corrected chi connectivity index (χ0v) is 16.4. The molecule has 0 bridgehead atoms. The lowest BCUT2D eigenvalue weighted by Gasteiger charge is -2.08. The van der Waals surface area contributed by atoms with Gasteiger partial charge in [0.05, 0.1) is 16.9 Å². The first kappa shape index (κ1) is 19.0. The Labute approximate surface area is 157 Å². The van der Waals surface area contributed by atoms with Crippen LogP contribution in [0.1, 0.15) is 29.8 Å². The summed E-state index contributed by atoms with van der Waals surface area (Å²) in [6.07, 6.45) is 4.51. The Kier molecular flexibility index (Phi) is 5.01. The van der Waals surface area contributed by atoms with Gasteiger partial charge in [-0.15, -0.1) is 3.89 Å². The fourth-order valence-electron chi connectivity index (χ4n) is 2.70. The number of hydrogen-bond donors (Lipinski definition) is 1. The van der Waals surface area contributed by atoms with Crippen molar-refractivity contribution < 1.29 is 12.9 Å². The molecule has 3 rings (SSSR count). The van der Waals surface area contributed by atoms with Crippen LogP contribution in [0.25, 0.3) is 16.9 Å². The topological polar surface area (TPSA) is 75.8 Å². The number of halogens is 1. The molecule has 0 aliphatic rings. The number of aryl methyl sites for hydroxylation is 1. The van der Waals surface area contributed by atoms with E-state index < -0.39 is 10.1 Å². The molecular weight excluding hydrogens is 367 g/mol. The van der Waals surface area contributed by atoms with Gasteiger partial charge in [0.25, 0.3) is 5.91 Å². The molecule has 0 spiro atoms. The molecule has 27 heavy (non-hydrogen) atoms. The van der Waals surface area contributed by atoms with Crippen molar-refractivity contribution in [2.24, 2.45) is 4.36 Å². The number of amides is 1. The van der Waals surface area contributed by atoms with Gasteiger partial charge in [-0.2, -0.15) is 4.36 Å². The van der Waals surface area contributed by atoms with Crippen LogP contribution in [-0.4, -0.2) is 31.8 Å². The molecule has 142 valence electrons. The Morgan fingerprint density at radius 3 is 2.63 bits per heavy atom. The SMILES string of the molecule is Cc1cc(-c2cn3cc(C(=O)NC(C)C)ccc3n2)ccc1N=S(C)(=O)F. The molecule has 3 aromatic rings. The third-order valence-electron chi connectivity index (χ3n) is 3.89. The maximum absolute atomic E-state index is 13.3. The molecule has 1 aromatic carbocycles. The predicted octanol–water partition coefficient (Wildman–Crippen LogP) is 4.06. The van der Waals surface area contributed by atoms with E-state index in [1.54, 1.807) is 41.8 Å². The number of aromatic nitrogens is 2. The van der Waals surface area contributed by atoms with Crippen LogP contribution in [-0.2, 0) is 10.1 Å². The largest absolute Gasteiger partial charge is 0.350 e. The van der Waals surface area contributed by atoms with Crippen molar-refractivity contribution in [2.45, 2.75) is 26.8 Å². The normalized spacial score (nSPS) is 13.6. The van der Waals surface area contributed by atoms with Crippen molar-refractivity contribution in [1.29, 1.82) is 0 Å². The Balaban J connectivity index is 1.97. The number of imidazole rings is 1. The molecule has 0 saturated carbocycles. The van der Waals surface area contributed by atoms with Crippen molar-refractivity contribution in [1.82, 2.24) is 14.7 Å². The van der Waals surface area contributed by atoms with Crippen molar-refractivity contribution in [3.05, 3.63) is 53.9 Å². The van der Waals surface area contributed by atoms with E-state index in [0.717, 1.165) is 11.8 Å². The lowest BCUT2D eigenvalue weighted by atomic mass is 10.1. The van der Waals surface area contributed by atoms with E-state index in [0.29, 0.717) is 28.2 Å². The first-order valence-electron chi connectivity index (χ1n) is 8.45. The molecule has 0 aliphatic heterocycles. The Morgan fingerprint density at radius 2 is 2.00 bits per heavy atom. The van der Waals surface area contributed by atoms with Gasteiger partial charge in [0.2, 0.25) is 10.1 Å². The van der Waals surface area contributed by atoms with Gasteiger partial charge in [-0.3, -0.25) is 4.79 Å². The van der Waals surface area contributed by atoms with Crippen LogP contribution in [0.3, 0.4) is 0 Å². The molecule has 8 heteroatoms. The van der Waals surface area contributed by atoms with E-state index in [1.165, 1.54) is 0 Å². The zero-order chi connectivity index (χ0) is 19.8. The minimum atomic E-state index is -3.70. The smallest absolute Gasteiger partial charge is 0.252 e. The molecular formula is C19H21FN4O2S. The molecule has 0 radical (unpaired) electrons. The average Bonchev–Trinajstić information content (AvgIpc) is 2.98. The third-order valence-corrected chi connectivity index (χ3v) is 4.41. The molecule has 1 N–H and O–H groups in total. The fraction of sp³-hybridized carbons (Fsp3) is 0.263. The quantitative estimate of drug-likeness (QED) is 0.685. The molecule has 0 fully saturated rings. The number of pyridine rings is 1. The predicted molar refractivity (Wildman–Crippen MR) is 105 cm³/mol. The number of rotatable bonds is 4. The summed E-state index contributed by atoms with van der Waals surface area (Å²) in [6, 6.07) is 8.77. The highest BCUT2D eigenvalue weighted by molar-refractivity contribution is 7.88. The first-order valence-corrected chi connectivity index (χ1v) is 10.3. The Hall–Kier alpha value is -2.74. The molecule has 1 atom stereocenters. The van der Waals surface area contributed by atoms with Gasteiger partial charge in [0.1, 0.15) is 5.65 Å².